The first kappa shape index (κ1) is 8.91. The molecule has 0 aliphatic carbocycles. The molecule has 62 valence electrons. The first-order valence-electron chi connectivity index (χ1n) is 3.25. The van der Waals surface area contributed by atoms with Gasteiger partial charge in [0.2, 0.25) is 0 Å². The van der Waals surface area contributed by atoms with Crippen LogP contribution < -0.4 is 0 Å². The van der Waals surface area contributed by atoms with Crippen molar-refractivity contribution in [1.29, 1.82) is 5.26 Å². The number of aliphatic hydroxyl groups excluding tert-OH is 1. The van der Waals surface area contributed by atoms with Gasteiger partial charge in [0.05, 0.1) is 23.4 Å². The van der Waals surface area contributed by atoms with Gasteiger partial charge in [0, 0.05) is 6.20 Å². The van der Waals surface area contributed by atoms with Crippen molar-refractivity contribution in [2.75, 3.05) is 6.61 Å². The number of nitrogens with zero attached hydrogens (tertiary/aromatic N) is 3. The Morgan fingerprint density at radius 1 is 1.75 bits per heavy atom. The summed E-state index contributed by atoms with van der Waals surface area (Å²) in [4.78, 5) is 7.46. The summed E-state index contributed by atoms with van der Waals surface area (Å²) in [7, 11) is 0. The van der Waals surface area contributed by atoms with Crippen molar-refractivity contribution in [1.82, 2.24) is 9.97 Å². The molecule has 1 atom stereocenters. The van der Waals surface area contributed by atoms with Gasteiger partial charge in [0.25, 0.3) is 0 Å². The SMILES string of the molecule is N#CC(CO)c1ncncc1Cl. The van der Waals surface area contributed by atoms with Crippen LogP contribution in [0.2, 0.25) is 5.02 Å². The maximum atomic E-state index is 8.76. The van der Waals surface area contributed by atoms with E-state index in [9.17, 15) is 0 Å². The predicted octanol–water partition coefficient (Wildman–Crippen LogP) is 0.729. The van der Waals surface area contributed by atoms with Crippen LogP contribution in [0.4, 0.5) is 0 Å². The van der Waals surface area contributed by atoms with E-state index in [1.165, 1.54) is 12.5 Å². The average Bonchev–Trinajstić information content (AvgIpc) is 2.10. The number of hydrogen-bond acceptors (Lipinski definition) is 4. The highest BCUT2D eigenvalue weighted by Gasteiger charge is 2.13. The van der Waals surface area contributed by atoms with E-state index in [2.05, 4.69) is 9.97 Å². The molecule has 1 unspecified atom stereocenters. The summed E-state index contributed by atoms with van der Waals surface area (Å²) in [6, 6.07) is 1.88. The number of hydrogen-bond donors (Lipinski definition) is 1. The zero-order valence-electron chi connectivity index (χ0n) is 6.11. The van der Waals surface area contributed by atoms with E-state index >= 15 is 0 Å². The monoisotopic (exact) mass is 183 g/mol. The van der Waals surface area contributed by atoms with E-state index in [4.69, 9.17) is 22.0 Å². The van der Waals surface area contributed by atoms with Gasteiger partial charge in [-0.1, -0.05) is 11.6 Å². The molecule has 0 fully saturated rings. The van der Waals surface area contributed by atoms with Crippen molar-refractivity contribution in [2.45, 2.75) is 5.92 Å². The van der Waals surface area contributed by atoms with Crippen LogP contribution in [0.1, 0.15) is 11.6 Å². The summed E-state index contributed by atoms with van der Waals surface area (Å²) < 4.78 is 0. The lowest BCUT2D eigenvalue weighted by Gasteiger charge is -2.04. The molecule has 1 N–H and O–H groups in total. The summed E-state index contributed by atoms with van der Waals surface area (Å²) in [6.45, 7) is -0.284. The molecule has 0 bridgehead atoms. The Hall–Kier alpha value is -1.18. The largest absolute Gasteiger partial charge is 0.395 e. The third kappa shape index (κ3) is 1.70. The summed E-state index contributed by atoms with van der Waals surface area (Å²) in [6.07, 6.45) is 2.69. The standard InChI is InChI=1S/C7H6ClN3O/c8-6-2-10-4-11-7(6)5(1-9)3-12/h2,4-5,12H,3H2. The quantitative estimate of drug-likeness (QED) is 0.734. The molecule has 0 aromatic carbocycles. The van der Waals surface area contributed by atoms with Crippen molar-refractivity contribution in [3.8, 4) is 6.07 Å². The number of halogens is 1. The molecule has 1 aromatic heterocycles. The van der Waals surface area contributed by atoms with E-state index in [-0.39, 0.29) is 6.61 Å². The molecule has 1 heterocycles. The van der Waals surface area contributed by atoms with Crippen LogP contribution in [0.5, 0.6) is 0 Å². The zero-order chi connectivity index (χ0) is 8.97. The van der Waals surface area contributed by atoms with Crippen LogP contribution in [0.3, 0.4) is 0 Å². The molecule has 0 aliphatic rings. The zero-order valence-corrected chi connectivity index (χ0v) is 6.86. The smallest absolute Gasteiger partial charge is 0.115 e. The Bertz CT molecular complexity index is 310. The van der Waals surface area contributed by atoms with Gasteiger partial charge in [0.15, 0.2) is 0 Å². The summed E-state index contributed by atoms with van der Waals surface area (Å²) >= 11 is 5.69. The molecule has 5 heteroatoms. The third-order valence-corrected chi connectivity index (χ3v) is 1.66. The molecule has 4 nitrogen and oxygen atoms in total. The minimum absolute atomic E-state index is 0.284. The van der Waals surface area contributed by atoms with E-state index in [1.54, 1.807) is 0 Å². The highest BCUT2D eigenvalue weighted by atomic mass is 35.5. The fourth-order valence-corrected chi connectivity index (χ4v) is 1.00. The van der Waals surface area contributed by atoms with Crippen LogP contribution in [0.25, 0.3) is 0 Å². The van der Waals surface area contributed by atoms with Gasteiger partial charge < -0.3 is 5.11 Å². The Morgan fingerprint density at radius 2 is 2.50 bits per heavy atom. The Balaban J connectivity index is 3.02. The highest BCUT2D eigenvalue weighted by Crippen LogP contribution is 2.19. The number of nitriles is 1. The van der Waals surface area contributed by atoms with Gasteiger partial charge in [-0.25, -0.2) is 9.97 Å². The van der Waals surface area contributed by atoms with E-state index < -0.39 is 5.92 Å². The molecular formula is C7H6ClN3O. The van der Waals surface area contributed by atoms with Crippen LogP contribution in [-0.4, -0.2) is 21.7 Å². The summed E-state index contributed by atoms with van der Waals surface area (Å²) in [5, 5.41) is 17.6. The second-order valence-electron chi connectivity index (χ2n) is 2.12. The van der Waals surface area contributed by atoms with Crippen molar-refractivity contribution in [3.05, 3.63) is 23.2 Å². The van der Waals surface area contributed by atoms with Crippen molar-refractivity contribution in [2.24, 2.45) is 0 Å². The maximum absolute atomic E-state index is 8.76. The first-order valence-corrected chi connectivity index (χ1v) is 3.63. The van der Waals surface area contributed by atoms with Gasteiger partial charge in [-0.3, -0.25) is 0 Å². The lowest BCUT2D eigenvalue weighted by Crippen LogP contribution is -2.04. The molecule has 12 heavy (non-hydrogen) atoms. The van der Waals surface area contributed by atoms with Crippen molar-refractivity contribution >= 4 is 11.6 Å². The normalized spacial score (nSPS) is 12.1. The second kappa shape index (κ2) is 4.00. The van der Waals surface area contributed by atoms with Crippen LogP contribution in [0.15, 0.2) is 12.5 Å². The molecule has 1 rings (SSSR count). The number of aromatic nitrogens is 2. The van der Waals surface area contributed by atoms with Gasteiger partial charge in [-0.05, 0) is 0 Å². The van der Waals surface area contributed by atoms with Crippen LogP contribution in [-0.2, 0) is 0 Å². The molecule has 0 saturated heterocycles. The molecule has 0 spiro atoms. The van der Waals surface area contributed by atoms with Gasteiger partial charge in [-0.15, -0.1) is 0 Å². The summed E-state index contributed by atoms with van der Waals surface area (Å²) in [5.41, 5.74) is 0.372. The lowest BCUT2D eigenvalue weighted by atomic mass is 10.1. The van der Waals surface area contributed by atoms with Crippen molar-refractivity contribution in [3.63, 3.8) is 0 Å². The number of rotatable bonds is 2. The number of aliphatic hydroxyl groups is 1. The molecule has 1 aromatic rings. The topological polar surface area (TPSA) is 69.8 Å². The molecule has 0 radical (unpaired) electrons. The molecular weight excluding hydrogens is 178 g/mol. The van der Waals surface area contributed by atoms with E-state index in [1.807, 2.05) is 6.07 Å². The first-order chi connectivity index (χ1) is 5.79. The maximum Gasteiger partial charge on any atom is 0.115 e. The lowest BCUT2D eigenvalue weighted by molar-refractivity contribution is 0.284. The molecule has 0 amide bonds. The second-order valence-corrected chi connectivity index (χ2v) is 2.53. The summed E-state index contributed by atoms with van der Waals surface area (Å²) in [5.74, 6) is -0.666. The van der Waals surface area contributed by atoms with Gasteiger partial charge in [0.1, 0.15) is 12.2 Å². The molecule has 0 aliphatic heterocycles. The Kier molecular flexibility index (Phi) is 2.97. The fourth-order valence-electron chi connectivity index (χ4n) is 0.767. The average molecular weight is 184 g/mol. The molecule has 0 saturated carbocycles. The Morgan fingerprint density at radius 3 is 3.00 bits per heavy atom. The minimum atomic E-state index is -0.666. The highest BCUT2D eigenvalue weighted by molar-refractivity contribution is 6.31. The Labute approximate surface area is 74.5 Å². The van der Waals surface area contributed by atoms with Gasteiger partial charge in [-0.2, -0.15) is 5.26 Å². The van der Waals surface area contributed by atoms with Gasteiger partial charge >= 0.3 is 0 Å². The third-order valence-electron chi connectivity index (χ3n) is 1.36. The van der Waals surface area contributed by atoms with Crippen LogP contribution >= 0.6 is 11.6 Å². The minimum Gasteiger partial charge on any atom is -0.395 e. The van der Waals surface area contributed by atoms with Crippen molar-refractivity contribution < 1.29 is 5.11 Å². The predicted molar refractivity (Wildman–Crippen MR) is 42.5 cm³/mol. The fraction of sp³-hybridized carbons (Fsp3) is 0.286. The van der Waals surface area contributed by atoms with E-state index in [0.717, 1.165) is 0 Å². The van der Waals surface area contributed by atoms with Crippen LogP contribution in [0, 0.1) is 11.3 Å². The van der Waals surface area contributed by atoms with E-state index in [0.29, 0.717) is 10.7 Å².